The van der Waals surface area contributed by atoms with Gasteiger partial charge < -0.3 is 10.4 Å². The molecule has 1 aromatic heterocycles. The summed E-state index contributed by atoms with van der Waals surface area (Å²) < 4.78 is 1.85. The van der Waals surface area contributed by atoms with Crippen molar-refractivity contribution in [2.45, 2.75) is 39.5 Å². The zero-order valence-corrected chi connectivity index (χ0v) is 14.1. The SMILES string of the molecule is Cc1nn(-c2ccccc2)c(C)c1CC(=O)NCCCCC(=O)O. The number of carboxylic acids is 1. The molecule has 0 radical (unpaired) electrons. The van der Waals surface area contributed by atoms with Gasteiger partial charge in [0.2, 0.25) is 5.91 Å². The van der Waals surface area contributed by atoms with Crippen molar-refractivity contribution in [2.24, 2.45) is 0 Å². The fraction of sp³-hybridized carbons (Fsp3) is 0.389. The van der Waals surface area contributed by atoms with Crippen LogP contribution in [-0.2, 0) is 16.0 Å². The molecule has 0 bridgehead atoms. The summed E-state index contributed by atoms with van der Waals surface area (Å²) in [5, 5.41) is 16.0. The molecular formula is C18H23N3O3. The van der Waals surface area contributed by atoms with Crippen LogP contribution in [0, 0.1) is 13.8 Å². The van der Waals surface area contributed by atoms with Crippen LogP contribution in [0.2, 0.25) is 0 Å². The lowest BCUT2D eigenvalue weighted by molar-refractivity contribution is -0.137. The Labute approximate surface area is 141 Å². The first-order valence-corrected chi connectivity index (χ1v) is 8.08. The summed E-state index contributed by atoms with van der Waals surface area (Å²) >= 11 is 0. The molecule has 0 saturated heterocycles. The number of hydrogen-bond acceptors (Lipinski definition) is 3. The van der Waals surface area contributed by atoms with Crippen LogP contribution >= 0.6 is 0 Å². The molecule has 0 aliphatic rings. The Bertz CT molecular complexity index is 708. The monoisotopic (exact) mass is 329 g/mol. The van der Waals surface area contributed by atoms with E-state index in [0.717, 1.165) is 22.6 Å². The van der Waals surface area contributed by atoms with Crippen LogP contribution in [0.15, 0.2) is 30.3 Å². The van der Waals surface area contributed by atoms with Gasteiger partial charge in [0, 0.05) is 24.2 Å². The maximum absolute atomic E-state index is 12.1. The first-order valence-electron chi connectivity index (χ1n) is 8.08. The van der Waals surface area contributed by atoms with E-state index in [1.54, 1.807) is 0 Å². The van der Waals surface area contributed by atoms with E-state index < -0.39 is 5.97 Å². The molecule has 2 aromatic rings. The van der Waals surface area contributed by atoms with Crippen molar-refractivity contribution in [1.82, 2.24) is 15.1 Å². The highest BCUT2D eigenvalue weighted by atomic mass is 16.4. The van der Waals surface area contributed by atoms with Crippen molar-refractivity contribution in [2.75, 3.05) is 6.54 Å². The first-order chi connectivity index (χ1) is 11.5. The number of nitrogens with one attached hydrogen (secondary N) is 1. The minimum Gasteiger partial charge on any atom is -0.481 e. The second-order valence-electron chi connectivity index (χ2n) is 5.77. The fourth-order valence-electron chi connectivity index (χ4n) is 2.60. The van der Waals surface area contributed by atoms with Crippen molar-refractivity contribution in [3.63, 3.8) is 0 Å². The molecule has 0 fully saturated rings. The number of nitrogens with zero attached hydrogens (tertiary/aromatic N) is 2. The quantitative estimate of drug-likeness (QED) is 0.728. The standard InChI is InChI=1S/C18H23N3O3/c1-13-16(12-17(22)19-11-7-6-10-18(23)24)14(2)21(20-13)15-8-4-3-5-9-15/h3-5,8-9H,6-7,10-12H2,1-2H3,(H,19,22)(H,23,24). The summed E-state index contributed by atoms with van der Waals surface area (Å²) in [6, 6.07) is 9.82. The van der Waals surface area contributed by atoms with Gasteiger partial charge in [-0.3, -0.25) is 9.59 Å². The predicted molar refractivity (Wildman–Crippen MR) is 91.2 cm³/mol. The first kappa shape index (κ1) is 17.7. The molecule has 6 heteroatoms. The Kier molecular flexibility index (Phi) is 6.12. The van der Waals surface area contributed by atoms with E-state index in [4.69, 9.17) is 5.11 Å². The molecule has 0 saturated carbocycles. The smallest absolute Gasteiger partial charge is 0.303 e. The van der Waals surface area contributed by atoms with Gasteiger partial charge in [0.05, 0.1) is 17.8 Å². The number of aryl methyl sites for hydroxylation is 1. The molecule has 1 heterocycles. The number of carbonyl (C=O) groups is 2. The summed E-state index contributed by atoms with van der Waals surface area (Å²) in [6.07, 6.45) is 1.65. The summed E-state index contributed by atoms with van der Waals surface area (Å²) in [6.45, 7) is 4.36. The minimum atomic E-state index is -0.805. The normalized spacial score (nSPS) is 10.6. The van der Waals surface area contributed by atoms with E-state index in [2.05, 4.69) is 10.4 Å². The third-order valence-corrected chi connectivity index (χ3v) is 3.92. The number of aliphatic carboxylic acids is 1. The number of unbranched alkanes of at least 4 members (excludes halogenated alkanes) is 1. The molecule has 6 nitrogen and oxygen atoms in total. The highest BCUT2D eigenvalue weighted by molar-refractivity contribution is 5.79. The lowest BCUT2D eigenvalue weighted by atomic mass is 10.1. The van der Waals surface area contributed by atoms with E-state index in [9.17, 15) is 9.59 Å². The highest BCUT2D eigenvalue weighted by Crippen LogP contribution is 2.18. The van der Waals surface area contributed by atoms with Crippen LogP contribution in [0.3, 0.4) is 0 Å². The number of carboxylic acid groups (broad SMARTS) is 1. The Morgan fingerprint density at radius 2 is 1.88 bits per heavy atom. The Morgan fingerprint density at radius 3 is 2.54 bits per heavy atom. The number of benzene rings is 1. The van der Waals surface area contributed by atoms with Crippen LogP contribution in [0.4, 0.5) is 0 Å². The molecule has 1 amide bonds. The van der Waals surface area contributed by atoms with Gasteiger partial charge in [0.25, 0.3) is 0 Å². The number of carbonyl (C=O) groups excluding carboxylic acids is 1. The summed E-state index contributed by atoms with van der Waals surface area (Å²) in [5.74, 6) is -0.870. The van der Waals surface area contributed by atoms with E-state index in [1.807, 2.05) is 48.9 Å². The number of hydrogen-bond donors (Lipinski definition) is 2. The van der Waals surface area contributed by atoms with Gasteiger partial charge in [0.15, 0.2) is 0 Å². The van der Waals surface area contributed by atoms with Crippen LogP contribution in [-0.4, -0.2) is 33.3 Å². The van der Waals surface area contributed by atoms with E-state index in [1.165, 1.54) is 0 Å². The largest absolute Gasteiger partial charge is 0.481 e. The van der Waals surface area contributed by atoms with Gasteiger partial charge in [-0.15, -0.1) is 0 Å². The third-order valence-electron chi connectivity index (χ3n) is 3.92. The van der Waals surface area contributed by atoms with Crippen molar-refractivity contribution in [3.05, 3.63) is 47.3 Å². The van der Waals surface area contributed by atoms with Crippen LogP contribution < -0.4 is 5.32 Å². The second kappa shape index (κ2) is 8.29. The molecule has 2 N–H and O–H groups in total. The number of amides is 1. The molecule has 2 rings (SSSR count). The average Bonchev–Trinajstić information content (AvgIpc) is 2.83. The zero-order valence-electron chi connectivity index (χ0n) is 14.1. The van der Waals surface area contributed by atoms with Crippen LogP contribution in [0.5, 0.6) is 0 Å². The van der Waals surface area contributed by atoms with Gasteiger partial charge in [-0.1, -0.05) is 18.2 Å². The van der Waals surface area contributed by atoms with Crippen LogP contribution in [0.1, 0.15) is 36.2 Å². The minimum absolute atomic E-state index is 0.0656. The van der Waals surface area contributed by atoms with Gasteiger partial charge in [-0.2, -0.15) is 5.10 Å². The molecule has 0 unspecified atom stereocenters. The number of rotatable bonds is 8. The van der Waals surface area contributed by atoms with Gasteiger partial charge in [0.1, 0.15) is 0 Å². The molecular weight excluding hydrogens is 306 g/mol. The van der Waals surface area contributed by atoms with Crippen molar-refractivity contribution in [3.8, 4) is 5.69 Å². The highest BCUT2D eigenvalue weighted by Gasteiger charge is 2.15. The Balaban J connectivity index is 1.94. The second-order valence-corrected chi connectivity index (χ2v) is 5.77. The Hall–Kier alpha value is -2.63. The molecule has 24 heavy (non-hydrogen) atoms. The molecule has 0 atom stereocenters. The molecule has 0 aliphatic heterocycles. The lowest BCUT2D eigenvalue weighted by Gasteiger charge is -2.06. The van der Waals surface area contributed by atoms with E-state index >= 15 is 0 Å². The van der Waals surface area contributed by atoms with E-state index in [-0.39, 0.29) is 18.7 Å². The van der Waals surface area contributed by atoms with E-state index in [0.29, 0.717) is 19.4 Å². The summed E-state index contributed by atoms with van der Waals surface area (Å²) in [7, 11) is 0. The van der Waals surface area contributed by atoms with Gasteiger partial charge >= 0.3 is 5.97 Å². The van der Waals surface area contributed by atoms with Gasteiger partial charge in [-0.25, -0.2) is 4.68 Å². The topological polar surface area (TPSA) is 84.2 Å². The van der Waals surface area contributed by atoms with Crippen LogP contribution in [0.25, 0.3) is 5.69 Å². The predicted octanol–water partition coefficient (Wildman–Crippen LogP) is 2.40. The van der Waals surface area contributed by atoms with Crippen molar-refractivity contribution < 1.29 is 14.7 Å². The molecule has 0 spiro atoms. The molecule has 128 valence electrons. The lowest BCUT2D eigenvalue weighted by Crippen LogP contribution is -2.26. The summed E-state index contributed by atoms with van der Waals surface area (Å²) in [5.41, 5.74) is 3.71. The zero-order chi connectivity index (χ0) is 17.5. The number of aromatic nitrogens is 2. The maximum Gasteiger partial charge on any atom is 0.303 e. The Morgan fingerprint density at radius 1 is 1.17 bits per heavy atom. The average molecular weight is 329 g/mol. The van der Waals surface area contributed by atoms with Crippen molar-refractivity contribution >= 4 is 11.9 Å². The van der Waals surface area contributed by atoms with Gasteiger partial charge in [-0.05, 0) is 38.8 Å². The third kappa shape index (κ3) is 4.68. The summed E-state index contributed by atoms with van der Waals surface area (Å²) in [4.78, 5) is 22.5. The van der Waals surface area contributed by atoms with Crippen molar-refractivity contribution in [1.29, 1.82) is 0 Å². The number of para-hydroxylation sites is 1. The molecule has 0 aliphatic carbocycles. The fourth-order valence-corrected chi connectivity index (χ4v) is 2.60. The molecule has 1 aromatic carbocycles. The maximum atomic E-state index is 12.1.